The van der Waals surface area contributed by atoms with Gasteiger partial charge in [0.2, 0.25) is 0 Å². The standard InChI is InChI=1S/C27H21ClINO5S/c1-3-34-22-13-17(12-21(29)24(22)35-26(32)18-8-10-20(28)11-9-18)14-23-25(31)30(27(33)36-23)15-19-7-5-4-6-16(19)2/h4-14H,3,15H2,1-2H3/b23-14-. The van der Waals surface area contributed by atoms with Crippen molar-refractivity contribution in [3.8, 4) is 11.5 Å². The molecular formula is C27H21ClINO5S. The Morgan fingerprint density at radius 2 is 1.83 bits per heavy atom. The molecule has 184 valence electrons. The normalized spacial score (nSPS) is 14.4. The lowest BCUT2D eigenvalue weighted by molar-refractivity contribution is -0.123. The molecule has 9 heteroatoms. The average Bonchev–Trinajstić information content (AvgIpc) is 3.10. The maximum atomic E-state index is 13.0. The van der Waals surface area contributed by atoms with Gasteiger partial charge in [0.15, 0.2) is 11.5 Å². The highest BCUT2D eigenvalue weighted by Crippen LogP contribution is 2.38. The molecule has 1 saturated heterocycles. The molecule has 36 heavy (non-hydrogen) atoms. The molecule has 2 amide bonds. The molecule has 0 spiro atoms. The van der Waals surface area contributed by atoms with Gasteiger partial charge >= 0.3 is 5.97 Å². The van der Waals surface area contributed by atoms with Crippen molar-refractivity contribution in [3.63, 3.8) is 0 Å². The van der Waals surface area contributed by atoms with Gasteiger partial charge in [-0.25, -0.2) is 4.79 Å². The first kappa shape index (κ1) is 26.2. The number of rotatable bonds is 7. The Labute approximate surface area is 231 Å². The summed E-state index contributed by atoms with van der Waals surface area (Å²) < 4.78 is 12.0. The number of aryl methyl sites for hydroxylation is 1. The predicted molar refractivity (Wildman–Crippen MR) is 149 cm³/mol. The van der Waals surface area contributed by atoms with Gasteiger partial charge in [-0.15, -0.1) is 0 Å². The van der Waals surface area contributed by atoms with Crippen molar-refractivity contribution >= 4 is 69.1 Å². The van der Waals surface area contributed by atoms with Crippen LogP contribution in [-0.2, 0) is 11.3 Å². The highest BCUT2D eigenvalue weighted by Gasteiger charge is 2.35. The lowest BCUT2D eigenvalue weighted by Gasteiger charge is -2.14. The Kier molecular flexibility index (Phi) is 8.38. The monoisotopic (exact) mass is 633 g/mol. The first-order valence-electron chi connectivity index (χ1n) is 11.0. The van der Waals surface area contributed by atoms with Crippen LogP contribution in [-0.4, -0.2) is 28.6 Å². The smallest absolute Gasteiger partial charge is 0.343 e. The van der Waals surface area contributed by atoms with Crippen LogP contribution in [0.3, 0.4) is 0 Å². The molecule has 0 radical (unpaired) electrons. The highest BCUT2D eigenvalue weighted by atomic mass is 127. The van der Waals surface area contributed by atoms with E-state index in [-0.39, 0.29) is 23.4 Å². The fraction of sp³-hybridized carbons (Fsp3) is 0.148. The van der Waals surface area contributed by atoms with Crippen LogP contribution < -0.4 is 9.47 Å². The molecular weight excluding hydrogens is 613 g/mol. The van der Waals surface area contributed by atoms with E-state index in [0.29, 0.717) is 37.0 Å². The van der Waals surface area contributed by atoms with Gasteiger partial charge in [0.1, 0.15) is 0 Å². The van der Waals surface area contributed by atoms with Crippen LogP contribution in [0.1, 0.15) is 34.0 Å². The van der Waals surface area contributed by atoms with Crippen LogP contribution in [0.4, 0.5) is 4.79 Å². The topological polar surface area (TPSA) is 72.9 Å². The number of benzene rings is 3. The third-order valence-electron chi connectivity index (χ3n) is 5.37. The molecule has 0 N–H and O–H groups in total. The fourth-order valence-electron chi connectivity index (χ4n) is 3.52. The lowest BCUT2D eigenvalue weighted by atomic mass is 10.1. The summed E-state index contributed by atoms with van der Waals surface area (Å²) >= 11 is 8.85. The van der Waals surface area contributed by atoms with E-state index in [4.69, 9.17) is 21.1 Å². The zero-order chi connectivity index (χ0) is 25.8. The van der Waals surface area contributed by atoms with Crippen LogP contribution in [0.2, 0.25) is 5.02 Å². The number of hydrogen-bond donors (Lipinski definition) is 0. The Morgan fingerprint density at radius 3 is 2.53 bits per heavy atom. The van der Waals surface area contributed by atoms with E-state index >= 15 is 0 Å². The fourth-order valence-corrected chi connectivity index (χ4v) is 5.22. The molecule has 1 heterocycles. The minimum atomic E-state index is -0.546. The van der Waals surface area contributed by atoms with Crippen LogP contribution >= 0.6 is 46.0 Å². The quantitative estimate of drug-likeness (QED) is 0.120. The van der Waals surface area contributed by atoms with Crippen molar-refractivity contribution < 1.29 is 23.9 Å². The summed E-state index contributed by atoms with van der Waals surface area (Å²) in [4.78, 5) is 39.9. The Balaban J connectivity index is 1.59. The number of imide groups is 1. The Hall–Kier alpha value is -2.82. The molecule has 0 unspecified atom stereocenters. The maximum absolute atomic E-state index is 13.0. The predicted octanol–water partition coefficient (Wildman–Crippen LogP) is 7.11. The van der Waals surface area contributed by atoms with Crippen LogP contribution in [0, 0.1) is 10.5 Å². The van der Waals surface area contributed by atoms with E-state index in [0.717, 1.165) is 22.9 Å². The van der Waals surface area contributed by atoms with Crippen molar-refractivity contribution in [2.24, 2.45) is 0 Å². The second-order valence-electron chi connectivity index (χ2n) is 7.85. The first-order chi connectivity index (χ1) is 17.3. The summed E-state index contributed by atoms with van der Waals surface area (Å²) in [6.45, 7) is 4.33. The molecule has 1 fully saturated rings. The number of nitrogens with zero attached hydrogens (tertiary/aromatic N) is 1. The number of carbonyl (C=O) groups is 3. The van der Waals surface area contributed by atoms with Crippen molar-refractivity contribution in [3.05, 3.63) is 96.4 Å². The third kappa shape index (κ3) is 5.93. The van der Waals surface area contributed by atoms with Gasteiger partial charge in [-0.1, -0.05) is 35.9 Å². The number of amides is 2. The Bertz CT molecular complexity index is 1370. The summed E-state index contributed by atoms with van der Waals surface area (Å²) in [5.41, 5.74) is 2.93. The van der Waals surface area contributed by atoms with Crippen molar-refractivity contribution in [2.45, 2.75) is 20.4 Å². The summed E-state index contributed by atoms with van der Waals surface area (Å²) in [7, 11) is 0. The van der Waals surface area contributed by atoms with Crippen LogP contribution in [0.25, 0.3) is 6.08 Å². The number of hydrogen-bond acceptors (Lipinski definition) is 6. The van der Waals surface area contributed by atoms with Gasteiger partial charge in [-0.2, -0.15) is 0 Å². The first-order valence-corrected chi connectivity index (χ1v) is 13.3. The van der Waals surface area contributed by atoms with Gasteiger partial charge in [-0.3, -0.25) is 14.5 Å². The van der Waals surface area contributed by atoms with Gasteiger partial charge in [0, 0.05) is 5.02 Å². The van der Waals surface area contributed by atoms with E-state index < -0.39 is 5.97 Å². The molecule has 3 aromatic carbocycles. The molecule has 1 aliphatic rings. The van der Waals surface area contributed by atoms with Crippen LogP contribution in [0.5, 0.6) is 11.5 Å². The molecule has 0 bridgehead atoms. The van der Waals surface area contributed by atoms with E-state index in [2.05, 4.69) is 22.6 Å². The maximum Gasteiger partial charge on any atom is 0.343 e. The molecule has 0 aliphatic carbocycles. The largest absolute Gasteiger partial charge is 0.490 e. The van der Waals surface area contributed by atoms with Gasteiger partial charge in [-0.05, 0) is 107 Å². The van der Waals surface area contributed by atoms with Crippen molar-refractivity contribution in [2.75, 3.05) is 6.61 Å². The lowest BCUT2D eigenvalue weighted by Crippen LogP contribution is -2.27. The SMILES string of the molecule is CCOc1cc(/C=C2\SC(=O)N(Cc3ccccc3C)C2=O)cc(I)c1OC(=O)c1ccc(Cl)cc1. The zero-order valence-corrected chi connectivity index (χ0v) is 23.1. The molecule has 3 aromatic rings. The minimum absolute atomic E-state index is 0.218. The number of carbonyl (C=O) groups excluding carboxylic acids is 3. The average molecular weight is 634 g/mol. The van der Waals surface area contributed by atoms with Crippen molar-refractivity contribution in [1.82, 2.24) is 4.90 Å². The van der Waals surface area contributed by atoms with Gasteiger partial charge in [0.25, 0.3) is 11.1 Å². The molecule has 4 rings (SSSR count). The summed E-state index contributed by atoms with van der Waals surface area (Å²) in [5.74, 6) is -0.255. The Morgan fingerprint density at radius 1 is 1.11 bits per heavy atom. The zero-order valence-electron chi connectivity index (χ0n) is 19.4. The van der Waals surface area contributed by atoms with E-state index in [1.165, 1.54) is 4.90 Å². The van der Waals surface area contributed by atoms with Gasteiger partial charge < -0.3 is 9.47 Å². The highest BCUT2D eigenvalue weighted by molar-refractivity contribution is 14.1. The second-order valence-corrected chi connectivity index (χ2v) is 10.4. The van der Waals surface area contributed by atoms with Crippen molar-refractivity contribution in [1.29, 1.82) is 0 Å². The summed E-state index contributed by atoms with van der Waals surface area (Å²) in [6, 6.07) is 17.5. The molecule has 0 saturated carbocycles. The van der Waals surface area contributed by atoms with Crippen LogP contribution in [0.15, 0.2) is 65.6 Å². The van der Waals surface area contributed by atoms with Gasteiger partial charge in [0.05, 0.1) is 27.2 Å². The third-order valence-corrected chi connectivity index (χ3v) is 7.33. The number of thioether (sulfide) groups is 1. The second kappa shape index (κ2) is 11.5. The molecule has 1 aliphatic heterocycles. The molecule has 0 atom stereocenters. The van der Waals surface area contributed by atoms with E-state index in [9.17, 15) is 14.4 Å². The van der Waals surface area contributed by atoms with E-state index in [1.807, 2.05) is 38.1 Å². The minimum Gasteiger partial charge on any atom is -0.490 e. The van der Waals surface area contributed by atoms with E-state index in [1.54, 1.807) is 42.5 Å². The number of halogens is 2. The summed E-state index contributed by atoms with van der Waals surface area (Å²) in [6.07, 6.45) is 1.65. The molecule has 0 aromatic heterocycles. The molecule has 6 nitrogen and oxygen atoms in total. The number of esters is 1. The number of ether oxygens (including phenoxy) is 2. The summed E-state index contributed by atoms with van der Waals surface area (Å²) in [5, 5.41) is 0.201.